The van der Waals surface area contributed by atoms with Gasteiger partial charge in [0, 0.05) is 37.0 Å². The van der Waals surface area contributed by atoms with Gasteiger partial charge in [-0.05, 0) is 18.2 Å². The van der Waals surface area contributed by atoms with Gasteiger partial charge in [0.15, 0.2) is 0 Å². The summed E-state index contributed by atoms with van der Waals surface area (Å²) in [5.74, 6) is 0.686. The van der Waals surface area contributed by atoms with Crippen LogP contribution in [-0.4, -0.2) is 27.8 Å². The van der Waals surface area contributed by atoms with Gasteiger partial charge in [-0.25, -0.2) is 9.07 Å². The highest BCUT2D eigenvalue weighted by Crippen LogP contribution is 2.23. The first kappa shape index (κ1) is 14.9. The summed E-state index contributed by atoms with van der Waals surface area (Å²) in [6, 6.07) is 14.8. The van der Waals surface area contributed by atoms with Gasteiger partial charge >= 0.3 is 0 Å². The van der Waals surface area contributed by atoms with Gasteiger partial charge in [0.1, 0.15) is 23.9 Å². The molecule has 0 atom stereocenters. The molecule has 0 unspecified atom stereocenters. The number of fused-ring (bicyclic) bond motifs is 1. The van der Waals surface area contributed by atoms with E-state index in [1.165, 1.54) is 11.6 Å². The SMILES string of the molecule is Fc1ccccc1-n1cc(CN2CCOc3ccccc3C2)cn1. The molecule has 4 rings (SSSR count). The Morgan fingerprint density at radius 3 is 2.83 bits per heavy atom. The lowest BCUT2D eigenvalue weighted by molar-refractivity contribution is 0.219. The van der Waals surface area contributed by atoms with Crippen molar-refractivity contribution in [3.8, 4) is 11.4 Å². The zero-order chi connectivity index (χ0) is 16.4. The minimum atomic E-state index is -0.274. The fourth-order valence-corrected chi connectivity index (χ4v) is 2.98. The third kappa shape index (κ3) is 3.03. The zero-order valence-corrected chi connectivity index (χ0v) is 13.2. The minimum Gasteiger partial charge on any atom is -0.492 e. The molecule has 0 saturated carbocycles. The maximum Gasteiger partial charge on any atom is 0.148 e. The molecule has 0 saturated heterocycles. The number of hydrogen-bond donors (Lipinski definition) is 0. The quantitative estimate of drug-likeness (QED) is 0.740. The fraction of sp³-hybridized carbons (Fsp3) is 0.211. The molecular formula is C19H18FN3O. The number of benzene rings is 2. The van der Waals surface area contributed by atoms with Gasteiger partial charge < -0.3 is 4.74 Å². The highest BCUT2D eigenvalue weighted by atomic mass is 19.1. The molecule has 122 valence electrons. The van der Waals surface area contributed by atoms with Gasteiger partial charge in [0.2, 0.25) is 0 Å². The van der Waals surface area contributed by atoms with E-state index in [0.717, 1.165) is 30.9 Å². The molecule has 3 aromatic rings. The highest BCUT2D eigenvalue weighted by molar-refractivity contribution is 5.34. The van der Waals surface area contributed by atoms with Crippen LogP contribution < -0.4 is 4.74 Å². The maximum atomic E-state index is 13.9. The van der Waals surface area contributed by atoms with Crippen molar-refractivity contribution in [1.82, 2.24) is 14.7 Å². The van der Waals surface area contributed by atoms with Crippen LogP contribution >= 0.6 is 0 Å². The molecule has 0 N–H and O–H groups in total. The molecule has 2 heterocycles. The largest absolute Gasteiger partial charge is 0.492 e. The molecule has 0 spiro atoms. The lowest BCUT2D eigenvalue weighted by Gasteiger charge is -2.18. The molecule has 24 heavy (non-hydrogen) atoms. The third-order valence-electron chi connectivity index (χ3n) is 4.17. The first-order valence-electron chi connectivity index (χ1n) is 8.01. The summed E-state index contributed by atoms with van der Waals surface area (Å²) in [6.07, 6.45) is 3.68. The number of hydrogen-bond acceptors (Lipinski definition) is 3. The molecule has 0 radical (unpaired) electrons. The Labute approximate surface area is 140 Å². The fourth-order valence-electron chi connectivity index (χ4n) is 2.98. The number of nitrogens with zero attached hydrogens (tertiary/aromatic N) is 3. The van der Waals surface area contributed by atoms with Crippen molar-refractivity contribution >= 4 is 0 Å². The first-order chi connectivity index (χ1) is 11.8. The van der Waals surface area contributed by atoms with Crippen LogP contribution in [0.15, 0.2) is 60.9 Å². The Balaban J connectivity index is 1.51. The van der Waals surface area contributed by atoms with Crippen molar-refractivity contribution in [3.05, 3.63) is 77.9 Å². The second kappa shape index (κ2) is 6.45. The monoisotopic (exact) mass is 323 g/mol. The van der Waals surface area contributed by atoms with Gasteiger partial charge in [-0.1, -0.05) is 30.3 Å². The Hall–Kier alpha value is -2.66. The van der Waals surface area contributed by atoms with E-state index < -0.39 is 0 Å². The zero-order valence-electron chi connectivity index (χ0n) is 13.2. The summed E-state index contributed by atoms with van der Waals surface area (Å²) in [5, 5.41) is 4.30. The van der Waals surface area contributed by atoms with Crippen LogP contribution in [0, 0.1) is 5.82 Å². The average molecular weight is 323 g/mol. The Morgan fingerprint density at radius 2 is 1.92 bits per heavy atom. The number of halogens is 1. The van der Waals surface area contributed by atoms with E-state index in [4.69, 9.17) is 4.74 Å². The number of rotatable bonds is 3. The normalized spacial score (nSPS) is 14.7. The van der Waals surface area contributed by atoms with Crippen molar-refractivity contribution < 1.29 is 9.13 Å². The molecule has 0 fully saturated rings. The van der Waals surface area contributed by atoms with Crippen molar-refractivity contribution in [2.45, 2.75) is 13.1 Å². The van der Waals surface area contributed by atoms with Crippen LogP contribution in [0.3, 0.4) is 0 Å². The van der Waals surface area contributed by atoms with Gasteiger partial charge in [-0.3, -0.25) is 4.90 Å². The molecule has 1 aliphatic heterocycles. The molecule has 5 heteroatoms. The summed E-state index contributed by atoms with van der Waals surface area (Å²) in [5.41, 5.74) is 2.71. The Morgan fingerprint density at radius 1 is 1.08 bits per heavy atom. The standard InChI is InChI=1S/C19H18FN3O/c20-17-6-2-3-7-18(17)23-13-15(11-21-23)12-22-9-10-24-19-8-4-1-5-16(19)14-22/h1-8,11,13H,9-10,12,14H2. The second-order valence-corrected chi connectivity index (χ2v) is 5.91. The molecular weight excluding hydrogens is 305 g/mol. The summed E-state index contributed by atoms with van der Waals surface area (Å²) in [7, 11) is 0. The van der Waals surface area contributed by atoms with E-state index in [9.17, 15) is 4.39 Å². The summed E-state index contributed by atoms with van der Waals surface area (Å²) in [6.45, 7) is 3.10. The van der Waals surface area contributed by atoms with Gasteiger partial charge in [-0.2, -0.15) is 5.10 Å². The third-order valence-corrected chi connectivity index (χ3v) is 4.17. The van der Waals surface area contributed by atoms with Crippen molar-refractivity contribution in [2.24, 2.45) is 0 Å². The number of ether oxygens (including phenoxy) is 1. The molecule has 4 nitrogen and oxygen atoms in total. The number of para-hydroxylation sites is 2. The Bertz CT molecular complexity index is 846. The maximum absolute atomic E-state index is 13.9. The minimum absolute atomic E-state index is 0.274. The van der Waals surface area contributed by atoms with Crippen LogP contribution in [0.4, 0.5) is 4.39 Å². The molecule has 0 bridgehead atoms. The Kier molecular flexibility index (Phi) is 4.01. The lowest BCUT2D eigenvalue weighted by atomic mass is 10.2. The highest BCUT2D eigenvalue weighted by Gasteiger charge is 2.16. The predicted molar refractivity (Wildman–Crippen MR) is 89.6 cm³/mol. The first-order valence-corrected chi connectivity index (χ1v) is 8.01. The smallest absolute Gasteiger partial charge is 0.148 e. The van der Waals surface area contributed by atoms with E-state index >= 15 is 0 Å². The second-order valence-electron chi connectivity index (χ2n) is 5.91. The topological polar surface area (TPSA) is 30.3 Å². The summed E-state index contributed by atoms with van der Waals surface area (Å²) >= 11 is 0. The van der Waals surface area contributed by atoms with Crippen molar-refractivity contribution in [3.63, 3.8) is 0 Å². The molecule has 2 aromatic carbocycles. The van der Waals surface area contributed by atoms with E-state index in [0.29, 0.717) is 12.3 Å². The molecule has 0 amide bonds. The van der Waals surface area contributed by atoms with E-state index in [2.05, 4.69) is 16.1 Å². The van der Waals surface area contributed by atoms with Crippen molar-refractivity contribution in [2.75, 3.05) is 13.2 Å². The predicted octanol–water partition coefficient (Wildman–Crippen LogP) is 3.41. The van der Waals surface area contributed by atoms with Gasteiger partial charge in [0.25, 0.3) is 0 Å². The summed E-state index contributed by atoms with van der Waals surface area (Å²) in [4.78, 5) is 2.31. The average Bonchev–Trinajstić information content (AvgIpc) is 2.95. The molecule has 0 aliphatic carbocycles. The van der Waals surface area contributed by atoms with Crippen LogP contribution in [0.5, 0.6) is 5.75 Å². The number of aromatic nitrogens is 2. The van der Waals surface area contributed by atoms with Crippen molar-refractivity contribution in [1.29, 1.82) is 0 Å². The van der Waals surface area contributed by atoms with Crippen LogP contribution in [0.1, 0.15) is 11.1 Å². The van der Waals surface area contributed by atoms with Crippen LogP contribution in [0.2, 0.25) is 0 Å². The van der Waals surface area contributed by atoms with Gasteiger partial charge in [-0.15, -0.1) is 0 Å². The van der Waals surface area contributed by atoms with E-state index in [1.54, 1.807) is 23.0 Å². The van der Waals surface area contributed by atoms with E-state index in [-0.39, 0.29) is 5.82 Å². The summed E-state index contributed by atoms with van der Waals surface area (Å²) < 4.78 is 21.3. The lowest BCUT2D eigenvalue weighted by Crippen LogP contribution is -2.25. The van der Waals surface area contributed by atoms with Crippen LogP contribution in [-0.2, 0) is 13.1 Å². The van der Waals surface area contributed by atoms with E-state index in [1.807, 2.05) is 30.5 Å². The molecule has 1 aliphatic rings. The molecule has 1 aromatic heterocycles. The van der Waals surface area contributed by atoms with Gasteiger partial charge in [0.05, 0.1) is 6.20 Å². The van der Waals surface area contributed by atoms with Crippen LogP contribution in [0.25, 0.3) is 5.69 Å².